The number of carbonyl (C=O) groups is 2. The summed E-state index contributed by atoms with van der Waals surface area (Å²) in [4.78, 5) is 27.9. The molecule has 3 aromatic carbocycles. The van der Waals surface area contributed by atoms with Crippen LogP contribution in [0.3, 0.4) is 0 Å². The van der Waals surface area contributed by atoms with Crippen LogP contribution in [0.15, 0.2) is 78.9 Å². The van der Waals surface area contributed by atoms with E-state index >= 15 is 0 Å². The van der Waals surface area contributed by atoms with Crippen LogP contribution in [-0.2, 0) is 11.3 Å². The number of amides is 2. The zero-order valence-corrected chi connectivity index (χ0v) is 21.4. The summed E-state index contributed by atoms with van der Waals surface area (Å²) in [7, 11) is 0. The molecule has 0 aliphatic carbocycles. The quantitative estimate of drug-likeness (QED) is 0.412. The van der Waals surface area contributed by atoms with Gasteiger partial charge in [-0.2, -0.15) is 0 Å². The van der Waals surface area contributed by atoms with Crippen LogP contribution < -0.4 is 10.6 Å². The third-order valence-corrected chi connectivity index (χ3v) is 7.77. The maximum atomic E-state index is 12.7. The molecule has 5 rings (SSSR count). The molecule has 2 fully saturated rings. The lowest BCUT2D eigenvalue weighted by Crippen LogP contribution is -2.51. The van der Waals surface area contributed by atoms with Crippen molar-refractivity contribution in [1.82, 2.24) is 15.5 Å². The van der Waals surface area contributed by atoms with Crippen molar-refractivity contribution in [2.75, 3.05) is 6.54 Å². The Morgan fingerprint density at radius 1 is 0.919 bits per heavy atom. The molecular formula is C30H32ClN3O3. The molecule has 2 saturated heterocycles. The number of aliphatic hydroxyl groups excluding tert-OH is 1. The van der Waals surface area contributed by atoms with E-state index in [0.717, 1.165) is 42.8 Å². The van der Waals surface area contributed by atoms with E-state index in [1.54, 1.807) is 24.3 Å². The van der Waals surface area contributed by atoms with Gasteiger partial charge >= 0.3 is 0 Å². The molecule has 2 amide bonds. The second kappa shape index (κ2) is 11.5. The van der Waals surface area contributed by atoms with Crippen molar-refractivity contribution in [2.45, 2.75) is 56.5 Å². The Morgan fingerprint density at radius 2 is 1.59 bits per heavy atom. The Morgan fingerprint density at radius 3 is 2.30 bits per heavy atom. The van der Waals surface area contributed by atoms with Crippen LogP contribution in [0.2, 0.25) is 5.02 Å². The summed E-state index contributed by atoms with van der Waals surface area (Å²) in [6.07, 6.45) is 3.31. The van der Waals surface area contributed by atoms with Gasteiger partial charge in [0, 0.05) is 35.3 Å². The summed E-state index contributed by atoms with van der Waals surface area (Å²) in [5.41, 5.74) is 3.05. The number of piperidine rings is 1. The van der Waals surface area contributed by atoms with Gasteiger partial charge in [0.15, 0.2) is 0 Å². The molecule has 3 atom stereocenters. The number of benzene rings is 3. The SMILES string of the molecule is O=C(CNC(=O)c1cccc(C(O)c2ccccc2)c1)NC1CC2CCC(C1)N2Cc1ccc(Cl)cc1. The average Bonchev–Trinajstić information content (AvgIpc) is 3.15. The lowest BCUT2D eigenvalue weighted by atomic mass is 9.96. The molecule has 7 heteroatoms. The van der Waals surface area contributed by atoms with E-state index < -0.39 is 6.10 Å². The van der Waals surface area contributed by atoms with Gasteiger partial charge in [0.25, 0.3) is 5.91 Å². The van der Waals surface area contributed by atoms with Gasteiger partial charge in [0.2, 0.25) is 5.91 Å². The molecule has 0 spiro atoms. The van der Waals surface area contributed by atoms with Crippen LogP contribution in [0.1, 0.15) is 58.8 Å². The molecule has 6 nitrogen and oxygen atoms in total. The minimum absolute atomic E-state index is 0.0787. The van der Waals surface area contributed by atoms with Crippen molar-refractivity contribution in [1.29, 1.82) is 0 Å². The van der Waals surface area contributed by atoms with E-state index in [1.165, 1.54) is 5.56 Å². The van der Waals surface area contributed by atoms with Crippen molar-refractivity contribution < 1.29 is 14.7 Å². The normalized spacial score (nSPS) is 21.8. The summed E-state index contributed by atoms with van der Waals surface area (Å²) in [6.45, 7) is 0.825. The number of carbonyl (C=O) groups excluding carboxylic acids is 2. The fourth-order valence-corrected chi connectivity index (χ4v) is 5.80. The van der Waals surface area contributed by atoms with E-state index in [2.05, 4.69) is 27.7 Å². The Kier molecular flexibility index (Phi) is 7.89. The molecule has 0 radical (unpaired) electrons. The van der Waals surface area contributed by atoms with Gasteiger partial charge in [-0.1, -0.05) is 66.2 Å². The number of hydrogen-bond acceptors (Lipinski definition) is 4. The van der Waals surface area contributed by atoms with Crippen LogP contribution >= 0.6 is 11.6 Å². The first-order valence-electron chi connectivity index (χ1n) is 12.9. The van der Waals surface area contributed by atoms with Crippen LogP contribution in [-0.4, -0.2) is 46.5 Å². The van der Waals surface area contributed by atoms with E-state index in [-0.39, 0.29) is 24.4 Å². The van der Waals surface area contributed by atoms with E-state index in [1.807, 2.05) is 42.5 Å². The first-order valence-corrected chi connectivity index (χ1v) is 13.2. The Labute approximate surface area is 222 Å². The highest BCUT2D eigenvalue weighted by atomic mass is 35.5. The Balaban J connectivity index is 1.11. The van der Waals surface area contributed by atoms with E-state index in [9.17, 15) is 14.7 Å². The lowest BCUT2D eigenvalue weighted by molar-refractivity contribution is -0.121. The van der Waals surface area contributed by atoms with Gasteiger partial charge in [-0.05, 0) is 66.6 Å². The van der Waals surface area contributed by atoms with Gasteiger partial charge in [0.1, 0.15) is 6.10 Å². The van der Waals surface area contributed by atoms with E-state index in [0.29, 0.717) is 23.2 Å². The summed E-state index contributed by atoms with van der Waals surface area (Å²) in [6, 6.07) is 25.2. The summed E-state index contributed by atoms with van der Waals surface area (Å²) >= 11 is 6.02. The zero-order valence-electron chi connectivity index (χ0n) is 20.6. The molecular weight excluding hydrogens is 486 g/mol. The van der Waals surface area contributed by atoms with Gasteiger partial charge in [0.05, 0.1) is 6.54 Å². The third kappa shape index (κ3) is 6.21. The van der Waals surface area contributed by atoms with E-state index in [4.69, 9.17) is 11.6 Å². The lowest BCUT2D eigenvalue weighted by Gasteiger charge is -2.39. The highest BCUT2D eigenvalue weighted by molar-refractivity contribution is 6.30. The predicted molar refractivity (Wildman–Crippen MR) is 144 cm³/mol. The maximum absolute atomic E-state index is 12.7. The largest absolute Gasteiger partial charge is 0.384 e. The smallest absolute Gasteiger partial charge is 0.251 e. The minimum atomic E-state index is -0.821. The maximum Gasteiger partial charge on any atom is 0.251 e. The molecule has 192 valence electrons. The number of fused-ring (bicyclic) bond motifs is 2. The first-order chi connectivity index (χ1) is 18.0. The Hall–Kier alpha value is -3.19. The standard InChI is InChI=1S/C30H32ClN3O3/c31-24-11-9-20(10-12-24)19-34-26-13-14-27(34)17-25(16-26)33-28(35)18-32-30(37)23-8-4-7-22(15-23)29(36)21-5-2-1-3-6-21/h1-12,15,25-27,29,36H,13-14,16-19H2,(H,32,37)(H,33,35). The molecule has 37 heavy (non-hydrogen) atoms. The van der Waals surface area contributed by atoms with Crippen molar-refractivity contribution in [2.24, 2.45) is 0 Å². The molecule has 2 heterocycles. The molecule has 2 aliphatic heterocycles. The zero-order chi connectivity index (χ0) is 25.8. The highest BCUT2D eigenvalue weighted by Gasteiger charge is 2.40. The summed E-state index contributed by atoms with van der Waals surface area (Å²) in [5.74, 6) is -0.514. The number of halogens is 1. The van der Waals surface area contributed by atoms with Crippen molar-refractivity contribution in [3.05, 3.63) is 106 Å². The molecule has 2 aliphatic rings. The van der Waals surface area contributed by atoms with Crippen LogP contribution in [0.25, 0.3) is 0 Å². The fraction of sp³-hybridized carbons (Fsp3) is 0.333. The number of aliphatic hydroxyl groups is 1. The van der Waals surface area contributed by atoms with Crippen molar-refractivity contribution >= 4 is 23.4 Å². The van der Waals surface area contributed by atoms with Crippen molar-refractivity contribution in [3.8, 4) is 0 Å². The number of nitrogens with one attached hydrogen (secondary N) is 2. The third-order valence-electron chi connectivity index (χ3n) is 7.52. The first kappa shape index (κ1) is 25.5. The van der Waals surface area contributed by atoms with Crippen LogP contribution in [0.4, 0.5) is 0 Å². The topological polar surface area (TPSA) is 81.7 Å². The number of rotatable bonds is 8. The second-order valence-corrected chi connectivity index (χ2v) is 10.5. The van der Waals surface area contributed by atoms with Crippen LogP contribution in [0.5, 0.6) is 0 Å². The minimum Gasteiger partial charge on any atom is -0.384 e. The molecule has 3 N–H and O–H groups in total. The number of hydrogen-bond donors (Lipinski definition) is 3. The molecule has 0 aromatic heterocycles. The molecule has 0 saturated carbocycles. The summed E-state index contributed by atoms with van der Waals surface area (Å²) in [5, 5.41) is 17.3. The average molecular weight is 518 g/mol. The van der Waals surface area contributed by atoms with Gasteiger partial charge < -0.3 is 15.7 Å². The Bertz CT molecular complexity index is 1220. The highest BCUT2D eigenvalue weighted by Crippen LogP contribution is 2.37. The number of nitrogens with zero attached hydrogens (tertiary/aromatic N) is 1. The van der Waals surface area contributed by atoms with Gasteiger partial charge in [-0.3, -0.25) is 14.5 Å². The molecule has 3 aromatic rings. The predicted octanol–water partition coefficient (Wildman–Crippen LogP) is 4.46. The molecule has 2 bridgehead atoms. The fourth-order valence-electron chi connectivity index (χ4n) is 5.67. The molecule has 3 unspecified atom stereocenters. The monoisotopic (exact) mass is 517 g/mol. The van der Waals surface area contributed by atoms with Crippen LogP contribution in [0, 0.1) is 0 Å². The van der Waals surface area contributed by atoms with Gasteiger partial charge in [-0.15, -0.1) is 0 Å². The second-order valence-electron chi connectivity index (χ2n) is 10.0. The van der Waals surface area contributed by atoms with Gasteiger partial charge in [-0.25, -0.2) is 0 Å². The summed E-state index contributed by atoms with van der Waals surface area (Å²) < 4.78 is 0. The van der Waals surface area contributed by atoms with Crippen molar-refractivity contribution in [3.63, 3.8) is 0 Å².